The molecule has 0 aliphatic heterocycles. The van der Waals surface area contributed by atoms with Gasteiger partial charge in [-0.2, -0.15) is 0 Å². The Kier molecular flexibility index (Phi) is 13.8. The van der Waals surface area contributed by atoms with Crippen molar-refractivity contribution in [2.75, 3.05) is 9.80 Å². The average Bonchev–Trinajstić information content (AvgIpc) is 3.59. The lowest BCUT2D eigenvalue weighted by atomic mass is 9.94. The first kappa shape index (κ1) is 49.1. The predicted molar refractivity (Wildman–Crippen MR) is 333 cm³/mol. The molecule has 0 saturated carbocycles. The molecule has 78 heavy (non-hydrogen) atoms. The highest BCUT2D eigenvalue weighted by molar-refractivity contribution is 5.94. The molecule has 12 aromatic rings. The van der Waals surface area contributed by atoms with E-state index in [0.717, 1.165) is 34.1 Å². The summed E-state index contributed by atoms with van der Waals surface area (Å²) in [6.07, 6.45) is 0. The van der Waals surface area contributed by atoms with Crippen LogP contribution in [0.15, 0.2) is 291 Å². The van der Waals surface area contributed by atoms with Crippen molar-refractivity contribution in [3.05, 3.63) is 313 Å². The van der Waals surface area contributed by atoms with Crippen LogP contribution in [0.25, 0.3) is 77.9 Å². The summed E-state index contributed by atoms with van der Waals surface area (Å²) in [4.78, 5) is 4.93. The number of aryl methyl sites for hydroxylation is 4. The maximum atomic E-state index is 2.47. The molecule has 0 amide bonds. The first-order chi connectivity index (χ1) is 38.3. The molecule has 0 heterocycles. The topological polar surface area (TPSA) is 6.48 Å². The van der Waals surface area contributed by atoms with Crippen LogP contribution in [0, 0.1) is 27.7 Å². The molecular weight excluding hydrogens is 941 g/mol. The fourth-order valence-corrected chi connectivity index (χ4v) is 11.1. The summed E-state index contributed by atoms with van der Waals surface area (Å²) < 4.78 is 0. The zero-order valence-corrected chi connectivity index (χ0v) is 44.6. The normalized spacial score (nSPS) is 11.1. The van der Waals surface area contributed by atoms with Crippen LogP contribution in [0.5, 0.6) is 0 Å². The van der Waals surface area contributed by atoms with Crippen molar-refractivity contribution < 1.29 is 0 Å². The van der Waals surface area contributed by atoms with Crippen LogP contribution in [0.2, 0.25) is 0 Å². The van der Waals surface area contributed by atoms with Crippen LogP contribution in [0.1, 0.15) is 22.3 Å². The van der Waals surface area contributed by atoms with E-state index in [1.165, 1.54) is 100 Å². The van der Waals surface area contributed by atoms with Gasteiger partial charge in [0, 0.05) is 33.9 Å². The second-order valence-corrected chi connectivity index (χ2v) is 20.3. The SMILES string of the molecule is Cc1cc(-c2ccc(N(c3ccc(-c4ccccc4)cc3)c3c(C)cccc3-c3ccc(-c4ccccc4)cc3)c(C)c2)ccc1N(c1ccc(-c2ccccc2)cc1)c1c(C)cccc1-c1ccc(-c2ccccc2)cc1. The molecule has 0 N–H and O–H groups in total. The van der Waals surface area contributed by atoms with Gasteiger partial charge in [-0.05, 0) is 165 Å². The smallest absolute Gasteiger partial charge is 0.0569 e. The quantitative estimate of drug-likeness (QED) is 0.114. The zero-order chi connectivity index (χ0) is 53.0. The molecule has 12 aromatic carbocycles. The van der Waals surface area contributed by atoms with Gasteiger partial charge in [0.1, 0.15) is 0 Å². The fraction of sp³-hybridized carbons (Fsp3) is 0.0526. The fourth-order valence-electron chi connectivity index (χ4n) is 11.1. The molecule has 0 unspecified atom stereocenters. The second-order valence-electron chi connectivity index (χ2n) is 20.3. The zero-order valence-electron chi connectivity index (χ0n) is 44.6. The van der Waals surface area contributed by atoms with Gasteiger partial charge in [0.15, 0.2) is 0 Å². The van der Waals surface area contributed by atoms with E-state index in [0.29, 0.717) is 0 Å². The lowest BCUT2D eigenvalue weighted by Crippen LogP contribution is -2.14. The van der Waals surface area contributed by atoms with Gasteiger partial charge in [-0.3, -0.25) is 0 Å². The Labute approximate surface area is 460 Å². The summed E-state index contributed by atoms with van der Waals surface area (Å²) in [5.41, 5.74) is 28.1. The first-order valence-corrected chi connectivity index (χ1v) is 27.0. The molecule has 0 fully saturated rings. The number of hydrogen-bond acceptors (Lipinski definition) is 2. The van der Waals surface area contributed by atoms with Crippen molar-refractivity contribution in [1.82, 2.24) is 0 Å². The van der Waals surface area contributed by atoms with Crippen LogP contribution < -0.4 is 9.80 Å². The van der Waals surface area contributed by atoms with E-state index >= 15 is 0 Å². The van der Waals surface area contributed by atoms with Crippen molar-refractivity contribution in [1.29, 1.82) is 0 Å². The van der Waals surface area contributed by atoms with Crippen LogP contribution in [0.4, 0.5) is 34.1 Å². The Morgan fingerprint density at radius 1 is 0.192 bits per heavy atom. The summed E-state index contributed by atoms with van der Waals surface area (Å²) in [5.74, 6) is 0. The minimum atomic E-state index is 1.10. The minimum absolute atomic E-state index is 1.10. The van der Waals surface area contributed by atoms with Gasteiger partial charge in [0.05, 0.1) is 11.4 Å². The van der Waals surface area contributed by atoms with Crippen molar-refractivity contribution in [2.24, 2.45) is 0 Å². The third-order valence-electron chi connectivity index (χ3n) is 15.2. The van der Waals surface area contributed by atoms with Crippen LogP contribution in [0.3, 0.4) is 0 Å². The lowest BCUT2D eigenvalue weighted by molar-refractivity contribution is 1.22. The van der Waals surface area contributed by atoms with Gasteiger partial charge >= 0.3 is 0 Å². The maximum absolute atomic E-state index is 2.47. The van der Waals surface area contributed by atoms with E-state index in [1.54, 1.807) is 0 Å². The van der Waals surface area contributed by atoms with E-state index in [9.17, 15) is 0 Å². The van der Waals surface area contributed by atoms with Gasteiger partial charge in [0.2, 0.25) is 0 Å². The average molecular weight is 1000 g/mol. The van der Waals surface area contributed by atoms with Crippen LogP contribution >= 0.6 is 0 Å². The summed E-state index contributed by atoms with van der Waals surface area (Å²) in [7, 11) is 0. The molecule has 12 rings (SSSR count). The Hall–Kier alpha value is -9.76. The summed E-state index contributed by atoms with van der Waals surface area (Å²) in [6.45, 7) is 8.98. The van der Waals surface area contributed by atoms with Crippen molar-refractivity contribution in [3.8, 4) is 77.9 Å². The third kappa shape index (κ3) is 9.96. The van der Waals surface area contributed by atoms with E-state index < -0.39 is 0 Å². The molecule has 0 aliphatic rings. The highest BCUT2D eigenvalue weighted by atomic mass is 15.2. The first-order valence-electron chi connectivity index (χ1n) is 27.0. The molecule has 0 aliphatic carbocycles. The number of anilines is 6. The standard InChI is InChI=1S/C76H60N2/c1-53-19-17-29-71(65-35-31-61(32-36-65)57-21-9-5-10-22-57)75(53)77(69-45-39-63(40-46-69)59-25-13-7-14-26-59)73-49-43-67(51-55(73)3)68-44-50-74(56(4)52-68)78(70-47-41-64(42-48-70)60-27-15-8-16-28-60)76-54(2)20-18-30-72(76)66-37-33-62(34-38-66)58-23-11-6-12-24-58/h5-52H,1-4H3. The van der Waals surface area contributed by atoms with Gasteiger partial charge in [-0.1, -0.05) is 243 Å². The Balaban J connectivity index is 0.941. The summed E-state index contributed by atoms with van der Waals surface area (Å²) in [5, 5.41) is 0. The van der Waals surface area contributed by atoms with Crippen LogP contribution in [-0.4, -0.2) is 0 Å². The van der Waals surface area contributed by atoms with Gasteiger partial charge in [-0.25, -0.2) is 0 Å². The number of hydrogen-bond donors (Lipinski definition) is 0. The highest BCUT2D eigenvalue weighted by Gasteiger charge is 2.24. The molecule has 2 heteroatoms. The van der Waals surface area contributed by atoms with E-state index in [1.807, 2.05) is 0 Å². The number of nitrogens with zero attached hydrogens (tertiary/aromatic N) is 2. The number of rotatable bonds is 13. The van der Waals surface area contributed by atoms with Gasteiger partial charge in [0.25, 0.3) is 0 Å². The molecule has 0 bridgehead atoms. The third-order valence-corrected chi connectivity index (χ3v) is 15.2. The van der Waals surface area contributed by atoms with Crippen molar-refractivity contribution in [2.45, 2.75) is 27.7 Å². The summed E-state index contributed by atoms with van der Waals surface area (Å²) in [6, 6.07) is 106. The Morgan fingerprint density at radius 2 is 0.449 bits per heavy atom. The van der Waals surface area contributed by atoms with Gasteiger partial charge in [-0.15, -0.1) is 0 Å². The van der Waals surface area contributed by atoms with Crippen molar-refractivity contribution >= 4 is 34.1 Å². The van der Waals surface area contributed by atoms with E-state index in [-0.39, 0.29) is 0 Å². The molecule has 374 valence electrons. The molecule has 0 radical (unpaired) electrons. The van der Waals surface area contributed by atoms with Crippen molar-refractivity contribution in [3.63, 3.8) is 0 Å². The minimum Gasteiger partial charge on any atom is -0.309 e. The Bertz CT molecular complexity index is 3730. The maximum Gasteiger partial charge on any atom is 0.0569 e. The molecule has 0 aromatic heterocycles. The monoisotopic (exact) mass is 1000 g/mol. The lowest BCUT2D eigenvalue weighted by Gasteiger charge is -2.31. The van der Waals surface area contributed by atoms with E-state index in [4.69, 9.17) is 0 Å². The Morgan fingerprint density at radius 3 is 0.744 bits per heavy atom. The van der Waals surface area contributed by atoms with Gasteiger partial charge < -0.3 is 9.80 Å². The number of para-hydroxylation sites is 2. The molecule has 0 saturated heterocycles. The second kappa shape index (κ2) is 21.8. The van der Waals surface area contributed by atoms with Crippen LogP contribution in [-0.2, 0) is 0 Å². The predicted octanol–water partition coefficient (Wildman–Crippen LogP) is 21.5. The van der Waals surface area contributed by atoms with E-state index in [2.05, 4.69) is 329 Å². The largest absolute Gasteiger partial charge is 0.309 e. The molecular formula is C76H60N2. The number of benzene rings is 12. The molecule has 0 spiro atoms. The molecule has 2 nitrogen and oxygen atoms in total. The summed E-state index contributed by atoms with van der Waals surface area (Å²) >= 11 is 0. The molecule has 0 atom stereocenters. The highest BCUT2D eigenvalue weighted by Crippen LogP contribution is 2.48.